The lowest BCUT2D eigenvalue weighted by molar-refractivity contribution is 0.0931. The van der Waals surface area contributed by atoms with Crippen LogP contribution in [0.3, 0.4) is 0 Å². The van der Waals surface area contributed by atoms with Crippen LogP contribution >= 0.6 is 15.9 Å². The molecule has 1 heterocycles. The molecule has 100 valence electrons. The van der Waals surface area contributed by atoms with Crippen molar-refractivity contribution in [1.82, 2.24) is 10.3 Å². The number of nitrogens with one attached hydrogen (secondary N) is 1. The van der Waals surface area contributed by atoms with Gasteiger partial charge < -0.3 is 5.32 Å². The molecule has 0 radical (unpaired) electrons. The maximum atomic E-state index is 12.0. The van der Waals surface area contributed by atoms with Gasteiger partial charge in [-0.25, -0.2) is 4.98 Å². The smallest absolute Gasteiger partial charge is 0.271 e. The number of hydrogen-bond donors (Lipinski definition) is 1. The maximum absolute atomic E-state index is 12.0. The van der Waals surface area contributed by atoms with E-state index in [9.17, 15) is 4.79 Å². The second kappa shape index (κ2) is 6.88. The zero-order valence-corrected chi connectivity index (χ0v) is 13.0. The fourth-order valence-corrected chi connectivity index (χ4v) is 2.52. The molecule has 4 heteroatoms. The van der Waals surface area contributed by atoms with Crippen LogP contribution in [-0.4, -0.2) is 17.4 Å². The summed E-state index contributed by atoms with van der Waals surface area (Å²) in [5.74, 6) is 1.47. The van der Waals surface area contributed by atoms with E-state index in [1.165, 1.54) is 0 Å². The Bertz CT molecular complexity index is 397. The highest BCUT2D eigenvalue weighted by Gasteiger charge is 2.19. The Morgan fingerprint density at radius 2 is 1.94 bits per heavy atom. The molecule has 0 atom stereocenters. The number of halogens is 1. The van der Waals surface area contributed by atoms with E-state index in [2.05, 4.69) is 53.9 Å². The average Bonchev–Trinajstić information content (AvgIpc) is 2.28. The van der Waals surface area contributed by atoms with E-state index in [0.717, 1.165) is 4.47 Å². The summed E-state index contributed by atoms with van der Waals surface area (Å²) in [6.07, 6.45) is 1.63. The van der Waals surface area contributed by atoms with Gasteiger partial charge in [0.2, 0.25) is 0 Å². The van der Waals surface area contributed by atoms with Crippen LogP contribution in [0.25, 0.3) is 0 Å². The summed E-state index contributed by atoms with van der Waals surface area (Å²) in [4.78, 5) is 16.1. The number of carbonyl (C=O) groups is 1. The Kier molecular flexibility index (Phi) is 5.79. The molecule has 1 rings (SSSR count). The number of amides is 1. The lowest BCUT2D eigenvalue weighted by atomic mass is 9.85. The van der Waals surface area contributed by atoms with Gasteiger partial charge in [-0.05, 0) is 45.8 Å². The van der Waals surface area contributed by atoms with Gasteiger partial charge in [0.25, 0.3) is 5.91 Å². The summed E-state index contributed by atoms with van der Waals surface area (Å²) in [5, 5.41) is 2.97. The molecule has 18 heavy (non-hydrogen) atoms. The number of rotatable bonds is 5. The average molecular weight is 313 g/mol. The fourth-order valence-electron chi connectivity index (χ4n) is 2.09. The van der Waals surface area contributed by atoms with E-state index in [0.29, 0.717) is 30.0 Å². The van der Waals surface area contributed by atoms with Gasteiger partial charge in [-0.15, -0.1) is 0 Å². The van der Waals surface area contributed by atoms with Gasteiger partial charge in [0, 0.05) is 17.2 Å². The van der Waals surface area contributed by atoms with Crippen molar-refractivity contribution in [1.29, 1.82) is 0 Å². The van der Waals surface area contributed by atoms with Crippen LogP contribution in [0.15, 0.2) is 22.8 Å². The van der Waals surface area contributed by atoms with Crippen molar-refractivity contribution in [2.24, 2.45) is 17.8 Å². The zero-order chi connectivity index (χ0) is 13.7. The molecular weight excluding hydrogens is 292 g/mol. The van der Waals surface area contributed by atoms with Gasteiger partial charge in [-0.1, -0.05) is 27.7 Å². The van der Waals surface area contributed by atoms with E-state index >= 15 is 0 Å². The van der Waals surface area contributed by atoms with E-state index in [4.69, 9.17) is 0 Å². The third kappa shape index (κ3) is 4.09. The van der Waals surface area contributed by atoms with Crippen molar-refractivity contribution >= 4 is 21.8 Å². The standard InChI is InChI=1S/C14H21BrN2O/c1-9(2)11(10(3)4)8-17-14(18)13-12(15)6-5-7-16-13/h5-7,9-11H,8H2,1-4H3,(H,17,18). The molecule has 1 aromatic heterocycles. The maximum Gasteiger partial charge on any atom is 0.271 e. The van der Waals surface area contributed by atoms with Crippen LogP contribution in [0, 0.1) is 17.8 Å². The van der Waals surface area contributed by atoms with Crippen molar-refractivity contribution in [2.45, 2.75) is 27.7 Å². The summed E-state index contributed by atoms with van der Waals surface area (Å²) in [6, 6.07) is 3.62. The third-order valence-corrected chi connectivity index (χ3v) is 3.82. The molecule has 0 aromatic carbocycles. The van der Waals surface area contributed by atoms with Crippen molar-refractivity contribution < 1.29 is 4.79 Å². The fraction of sp³-hybridized carbons (Fsp3) is 0.571. The predicted octanol–water partition coefficient (Wildman–Crippen LogP) is 3.50. The minimum absolute atomic E-state index is 0.117. The Balaban J connectivity index is 2.64. The second-order valence-electron chi connectivity index (χ2n) is 5.20. The molecule has 0 unspecified atom stereocenters. The summed E-state index contributed by atoms with van der Waals surface area (Å²) in [7, 11) is 0. The minimum Gasteiger partial charge on any atom is -0.350 e. The van der Waals surface area contributed by atoms with Gasteiger partial charge in [0.1, 0.15) is 5.69 Å². The Labute approximate surface area is 118 Å². The first-order chi connectivity index (χ1) is 8.43. The quantitative estimate of drug-likeness (QED) is 0.904. The van der Waals surface area contributed by atoms with Crippen molar-refractivity contribution in [3.8, 4) is 0 Å². The van der Waals surface area contributed by atoms with Gasteiger partial charge in [-0.3, -0.25) is 4.79 Å². The number of carbonyl (C=O) groups excluding carboxylic acids is 1. The van der Waals surface area contributed by atoms with Crippen LogP contribution < -0.4 is 5.32 Å². The number of hydrogen-bond acceptors (Lipinski definition) is 2. The topological polar surface area (TPSA) is 42.0 Å². The molecule has 0 fully saturated rings. The Morgan fingerprint density at radius 1 is 1.33 bits per heavy atom. The summed E-state index contributed by atoms with van der Waals surface area (Å²) in [5.41, 5.74) is 0.448. The normalized spacial score (nSPS) is 11.3. The highest BCUT2D eigenvalue weighted by atomic mass is 79.9. The SMILES string of the molecule is CC(C)C(CNC(=O)c1ncccc1Br)C(C)C. The molecule has 0 saturated heterocycles. The molecule has 0 aliphatic carbocycles. The van der Waals surface area contributed by atoms with E-state index in [-0.39, 0.29) is 5.91 Å². The molecule has 1 aromatic rings. The molecule has 0 spiro atoms. The van der Waals surface area contributed by atoms with Crippen LogP contribution in [0.5, 0.6) is 0 Å². The van der Waals surface area contributed by atoms with Crippen molar-refractivity contribution in [2.75, 3.05) is 6.54 Å². The Morgan fingerprint density at radius 3 is 2.44 bits per heavy atom. The van der Waals surface area contributed by atoms with Gasteiger partial charge >= 0.3 is 0 Å². The number of aromatic nitrogens is 1. The highest BCUT2D eigenvalue weighted by Crippen LogP contribution is 2.20. The van der Waals surface area contributed by atoms with Gasteiger partial charge in [-0.2, -0.15) is 0 Å². The molecular formula is C14H21BrN2O. The molecule has 1 N–H and O–H groups in total. The predicted molar refractivity (Wildman–Crippen MR) is 77.4 cm³/mol. The van der Waals surface area contributed by atoms with Crippen LogP contribution in [-0.2, 0) is 0 Å². The molecule has 0 aliphatic heterocycles. The van der Waals surface area contributed by atoms with Crippen molar-refractivity contribution in [3.63, 3.8) is 0 Å². The van der Waals surface area contributed by atoms with Gasteiger partial charge in [0.05, 0.1) is 0 Å². The third-order valence-electron chi connectivity index (χ3n) is 3.18. The first-order valence-electron chi connectivity index (χ1n) is 6.32. The molecule has 0 bridgehead atoms. The minimum atomic E-state index is -0.117. The molecule has 1 amide bonds. The zero-order valence-electron chi connectivity index (χ0n) is 11.4. The first-order valence-corrected chi connectivity index (χ1v) is 7.11. The van der Waals surface area contributed by atoms with Crippen LogP contribution in [0.1, 0.15) is 38.2 Å². The summed E-state index contributed by atoms with van der Waals surface area (Å²) in [6.45, 7) is 9.44. The summed E-state index contributed by atoms with van der Waals surface area (Å²) >= 11 is 3.34. The number of pyridine rings is 1. The van der Waals surface area contributed by atoms with Crippen molar-refractivity contribution in [3.05, 3.63) is 28.5 Å². The van der Waals surface area contributed by atoms with E-state index < -0.39 is 0 Å². The highest BCUT2D eigenvalue weighted by molar-refractivity contribution is 9.10. The Hall–Kier alpha value is -0.900. The van der Waals surface area contributed by atoms with Gasteiger partial charge in [0.15, 0.2) is 0 Å². The molecule has 0 saturated carbocycles. The molecule has 0 aliphatic rings. The summed E-state index contributed by atoms with van der Waals surface area (Å²) < 4.78 is 0.730. The van der Waals surface area contributed by atoms with E-state index in [1.54, 1.807) is 12.3 Å². The van der Waals surface area contributed by atoms with Crippen LogP contribution in [0.2, 0.25) is 0 Å². The largest absolute Gasteiger partial charge is 0.350 e. The van der Waals surface area contributed by atoms with Crippen LogP contribution in [0.4, 0.5) is 0 Å². The van der Waals surface area contributed by atoms with E-state index in [1.807, 2.05) is 6.07 Å². The first kappa shape index (κ1) is 15.2. The second-order valence-corrected chi connectivity index (χ2v) is 6.05. The molecule has 3 nitrogen and oxygen atoms in total. The lowest BCUT2D eigenvalue weighted by Gasteiger charge is -2.25. The lowest BCUT2D eigenvalue weighted by Crippen LogP contribution is -2.34. The number of nitrogens with zero attached hydrogens (tertiary/aromatic N) is 1. The monoisotopic (exact) mass is 312 g/mol.